The molecule has 2 fully saturated rings. The van der Waals surface area contributed by atoms with Crippen LogP contribution < -0.4 is 4.74 Å². The van der Waals surface area contributed by atoms with Gasteiger partial charge in [0.25, 0.3) is 5.69 Å². The van der Waals surface area contributed by atoms with Crippen LogP contribution in [0, 0.1) is 15.5 Å². The number of hydrogen-bond acceptors (Lipinski definition) is 4. The third kappa shape index (κ3) is 2.66. The summed E-state index contributed by atoms with van der Waals surface area (Å²) < 4.78 is 6.62. The molecule has 21 heavy (non-hydrogen) atoms. The summed E-state index contributed by atoms with van der Waals surface area (Å²) in [6, 6.07) is 4.65. The molecule has 2 saturated carbocycles. The highest BCUT2D eigenvalue weighted by atomic mass is 79.9. The van der Waals surface area contributed by atoms with Gasteiger partial charge >= 0.3 is 0 Å². The summed E-state index contributed by atoms with van der Waals surface area (Å²) in [4.78, 5) is 10.5. The second-order valence-corrected chi connectivity index (χ2v) is 6.97. The van der Waals surface area contributed by atoms with Gasteiger partial charge in [0, 0.05) is 22.4 Å². The van der Waals surface area contributed by atoms with Crippen molar-refractivity contribution in [1.82, 2.24) is 0 Å². The van der Waals surface area contributed by atoms with E-state index >= 15 is 0 Å². The highest BCUT2D eigenvalue weighted by Gasteiger charge is 2.56. The normalized spacial score (nSPS) is 27.1. The lowest BCUT2D eigenvalue weighted by atomic mass is 9.56. The summed E-state index contributed by atoms with van der Waals surface area (Å²) in [7, 11) is 0. The van der Waals surface area contributed by atoms with Crippen molar-refractivity contribution in [3.63, 3.8) is 0 Å². The van der Waals surface area contributed by atoms with E-state index in [0.29, 0.717) is 16.6 Å². The highest BCUT2D eigenvalue weighted by molar-refractivity contribution is 9.10. The second-order valence-electron chi connectivity index (χ2n) is 6.05. The first-order valence-corrected chi connectivity index (χ1v) is 8.10. The van der Waals surface area contributed by atoms with Crippen LogP contribution in [0.2, 0.25) is 0 Å². The molecule has 0 aromatic heterocycles. The van der Waals surface area contributed by atoms with Gasteiger partial charge in [0.2, 0.25) is 0 Å². The van der Waals surface area contributed by atoms with E-state index in [9.17, 15) is 15.2 Å². The fourth-order valence-electron chi connectivity index (χ4n) is 3.64. The Bertz CT molecular complexity index is 557. The van der Waals surface area contributed by atoms with E-state index in [4.69, 9.17) is 4.74 Å². The molecule has 0 amide bonds. The monoisotopic (exact) mass is 355 g/mol. The molecule has 2 atom stereocenters. The van der Waals surface area contributed by atoms with Crippen LogP contribution in [0.3, 0.4) is 0 Å². The van der Waals surface area contributed by atoms with Gasteiger partial charge in [-0.1, -0.05) is 35.2 Å². The summed E-state index contributed by atoms with van der Waals surface area (Å²) in [5, 5.41) is 21.1. The molecule has 3 rings (SSSR count). The lowest BCUT2D eigenvalue weighted by Gasteiger charge is -2.55. The van der Waals surface area contributed by atoms with E-state index in [0.717, 1.165) is 25.7 Å². The van der Waals surface area contributed by atoms with Crippen molar-refractivity contribution >= 4 is 21.6 Å². The summed E-state index contributed by atoms with van der Waals surface area (Å²) in [6.07, 6.45) is 5.69. The lowest BCUT2D eigenvalue weighted by molar-refractivity contribution is -0.385. The van der Waals surface area contributed by atoms with E-state index in [1.807, 2.05) is 0 Å². The van der Waals surface area contributed by atoms with Gasteiger partial charge in [-0.05, 0) is 18.9 Å². The molecule has 0 heterocycles. The first kappa shape index (κ1) is 14.8. The average Bonchev–Trinajstić information content (AvgIpc) is 2.47. The molecule has 0 radical (unpaired) electrons. The predicted octanol–water partition coefficient (Wildman–Crippen LogP) is 3.82. The van der Waals surface area contributed by atoms with Crippen molar-refractivity contribution in [2.24, 2.45) is 5.41 Å². The summed E-state index contributed by atoms with van der Waals surface area (Å²) in [5.41, 5.74) is -0.132. The quantitative estimate of drug-likeness (QED) is 0.660. The maximum Gasteiger partial charge on any atom is 0.274 e. The number of halogens is 1. The van der Waals surface area contributed by atoms with Gasteiger partial charge < -0.3 is 9.84 Å². The minimum atomic E-state index is -0.427. The Labute approximate surface area is 131 Å². The molecule has 0 aliphatic heterocycles. The molecule has 1 aromatic carbocycles. The lowest BCUT2D eigenvalue weighted by Crippen LogP contribution is -2.60. The van der Waals surface area contributed by atoms with Gasteiger partial charge in [0.1, 0.15) is 11.9 Å². The van der Waals surface area contributed by atoms with Crippen molar-refractivity contribution in [1.29, 1.82) is 0 Å². The van der Waals surface area contributed by atoms with Gasteiger partial charge in [-0.3, -0.25) is 10.1 Å². The molecule has 1 aromatic rings. The average molecular weight is 356 g/mol. The molecule has 1 spiro atoms. The molecule has 2 aliphatic carbocycles. The van der Waals surface area contributed by atoms with E-state index in [2.05, 4.69) is 15.9 Å². The van der Waals surface area contributed by atoms with E-state index in [1.54, 1.807) is 6.07 Å². The van der Waals surface area contributed by atoms with Gasteiger partial charge in [-0.25, -0.2) is 0 Å². The first-order chi connectivity index (χ1) is 10.0. The van der Waals surface area contributed by atoms with Crippen molar-refractivity contribution in [2.45, 2.75) is 50.7 Å². The topological polar surface area (TPSA) is 72.6 Å². The Balaban J connectivity index is 1.79. The van der Waals surface area contributed by atoms with E-state index in [1.165, 1.54) is 18.6 Å². The largest absolute Gasteiger partial charge is 0.489 e. The molecule has 0 saturated heterocycles. The molecular weight excluding hydrogens is 338 g/mol. The number of benzene rings is 1. The molecule has 6 heteroatoms. The van der Waals surface area contributed by atoms with Gasteiger partial charge in [-0.2, -0.15) is 0 Å². The third-order valence-corrected chi connectivity index (χ3v) is 5.33. The van der Waals surface area contributed by atoms with Crippen molar-refractivity contribution in [2.75, 3.05) is 0 Å². The molecule has 114 valence electrons. The molecule has 0 bridgehead atoms. The number of hydrogen-bond donors (Lipinski definition) is 1. The standard InChI is InChI=1S/C15H18BrNO4/c16-10-6-11(17(19)20)8-12(7-10)21-14-9-13(18)15(14)4-2-1-3-5-15/h6-8,13-14,18H,1-5,9H2. The van der Waals surface area contributed by atoms with Crippen LogP contribution in [0.4, 0.5) is 5.69 Å². The van der Waals surface area contributed by atoms with Gasteiger partial charge in [-0.15, -0.1) is 0 Å². The summed E-state index contributed by atoms with van der Waals surface area (Å²) in [5.74, 6) is 0.498. The van der Waals surface area contributed by atoms with Gasteiger partial charge in [0.15, 0.2) is 0 Å². The van der Waals surface area contributed by atoms with Crippen LogP contribution in [0.25, 0.3) is 0 Å². The molecular formula is C15H18BrNO4. The van der Waals surface area contributed by atoms with Crippen LogP contribution in [-0.2, 0) is 0 Å². The first-order valence-electron chi connectivity index (χ1n) is 7.31. The van der Waals surface area contributed by atoms with Crippen LogP contribution in [-0.4, -0.2) is 22.2 Å². The molecule has 5 nitrogen and oxygen atoms in total. The zero-order valence-corrected chi connectivity index (χ0v) is 13.2. The van der Waals surface area contributed by atoms with Gasteiger partial charge in [0.05, 0.1) is 17.1 Å². The Morgan fingerprint density at radius 3 is 2.62 bits per heavy atom. The Hall–Kier alpha value is -1.14. The van der Waals surface area contributed by atoms with Crippen molar-refractivity contribution in [3.8, 4) is 5.75 Å². The molecule has 1 N–H and O–H groups in total. The number of nitro groups is 1. The fourth-order valence-corrected chi connectivity index (χ4v) is 4.10. The zero-order valence-electron chi connectivity index (χ0n) is 11.6. The Kier molecular flexibility index (Phi) is 3.92. The molecule has 2 unspecified atom stereocenters. The van der Waals surface area contributed by atoms with E-state index < -0.39 is 4.92 Å². The Morgan fingerprint density at radius 1 is 1.29 bits per heavy atom. The second kappa shape index (κ2) is 5.57. The van der Waals surface area contributed by atoms with Crippen LogP contribution in [0.1, 0.15) is 38.5 Å². The summed E-state index contributed by atoms with van der Waals surface area (Å²) >= 11 is 3.28. The zero-order chi connectivity index (χ0) is 15.0. The number of rotatable bonds is 3. The number of nitrogens with zero attached hydrogens (tertiary/aromatic N) is 1. The van der Waals surface area contributed by atoms with Crippen LogP contribution in [0.15, 0.2) is 22.7 Å². The van der Waals surface area contributed by atoms with Crippen LogP contribution >= 0.6 is 15.9 Å². The van der Waals surface area contributed by atoms with Crippen LogP contribution in [0.5, 0.6) is 5.75 Å². The van der Waals surface area contributed by atoms with Crippen molar-refractivity contribution in [3.05, 3.63) is 32.8 Å². The number of non-ortho nitro benzene ring substituents is 1. The van der Waals surface area contributed by atoms with E-state index in [-0.39, 0.29) is 23.3 Å². The number of aliphatic hydroxyl groups is 1. The number of aliphatic hydroxyl groups excluding tert-OH is 1. The smallest absolute Gasteiger partial charge is 0.274 e. The minimum absolute atomic E-state index is 0.0111. The summed E-state index contributed by atoms with van der Waals surface area (Å²) in [6.45, 7) is 0. The molecule has 2 aliphatic rings. The number of ether oxygens (including phenoxy) is 1. The number of nitro benzene ring substituents is 1. The predicted molar refractivity (Wildman–Crippen MR) is 81.4 cm³/mol. The Morgan fingerprint density at radius 2 is 2.00 bits per heavy atom. The maximum absolute atomic E-state index is 10.9. The minimum Gasteiger partial charge on any atom is -0.489 e. The highest BCUT2D eigenvalue weighted by Crippen LogP contribution is 2.53. The SMILES string of the molecule is O=[N+]([O-])c1cc(Br)cc(OC2CC(O)C23CCCCC3)c1. The maximum atomic E-state index is 10.9. The fraction of sp³-hybridized carbons (Fsp3) is 0.600. The third-order valence-electron chi connectivity index (χ3n) is 4.87. The van der Waals surface area contributed by atoms with Crippen molar-refractivity contribution < 1.29 is 14.8 Å².